The first kappa shape index (κ1) is 22.9. The number of hydrogen-bond donors (Lipinski definition) is 2. The van der Waals surface area contributed by atoms with Crippen molar-refractivity contribution in [3.8, 4) is 0 Å². The number of sulfonamides is 1. The lowest BCUT2D eigenvalue weighted by molar-refractivity contribution is -0.120. The molecule has 1 unspecified atom stereocenters. The summed E-state index contributed by atoms with van der Waals surface area (Å²) in [6.07, 6.45) is 4.19. The molecule has 1 saturated heterocycles. The van der Waals surface area contributed by atoms with Gasteiger partial charge in [-0.1, -0.05) is 25.8 Å². The van der Waals surface area contributed by atoms with Gasteiger partial charge in [0.25, 0.3) is 0 Å². The molecule has 148 valence electrons. The van der Waals surface area contributed by atoms with Crippen LogP contribution in [0.15, 0.2) is 23.1 Å². The Bertz CT molecular complexity index is 729. The van der Waals surface area contributed by atoms with E-state index in [9.17, 15) is 13.2 Å². The smallest absolute Gasteiger partial charge is 0.244 e. The first-order valence-electron chi connectivity index (χ1n) is 8.89. The molecule has 1 heterocycles. The highest BCUT2D eigenvalue weighted by Crippen LogP contribution is 2.26. The van der Waals surface area contributed by atoms with E-state index in [1.54, 1.807) is 32.0 Å². The van der Waals surface area contributed by atoms with Crippen LogP contribution in [0.1, 0.15) is 51.5 Å². The lowest BCUT2D eigenvalue weighted by atomic mass is 9.96. The Labute approximate surface area is 163 Å². The Hall–Kier alpha value is -1.15. The number of carbonyl (C=O) groups excluding carboxylic acids is 1. The number of anilines is 1. The van der Waals surface area contributed by atoms with Crippen LogP contribution in [0.2, 0.25) is 0 Å². The summed E-state index contributed by atoms with van der Waals surface area (Å²) in [5.74, 6) is -0.306. The molecule has 1 aromatic carbocycles. The minimum Gasteiger partial charge on any atom is -0.324 e. The van der Waals surface area contributed by atoms with Crippen LogP contribution < -0.4 is 11.1 Å². The van der Waals surface area contributed by atoms with E-state index in [1.165, 1.54) is 4.31 Å². The average Bonchev–Trinajstić information content (AvgIpc) is 2.57. The lowest BCUT2D eigenvalue weighted by Crippen LogP contribution is -2.48. The third kappa shape index (κ3) is 5.19. The predicted octanol–water partition coefficient (Wildman–Crippen LogP) is 3.05. The third-order valence-electron chi connectivity index (χ3n) is 4.67. The molecule has 1 atom stereocenters. The number of rotatable bonds is 6. The Balaban J connectivity index is 0.00000338. The van der Waals surface area contributed by atoms with Crippen molar-refractivity contribution in [3.63, 3.8) is 0 Å². The van der Waals surface area contributed by atoms with Gasteiger partial charge in [0.1, 0.15) is 0 Å². The molecule has 1 aliphatic heterocycles. The van der Waals surface area contributed by atoms with Crippen molar-refractivity contribution >= 4 is 34.0 Å². The minimum absolute atomic E-state index is 0. The van der Waals surface area contributed by atoms with Gasteiger partial charge in [0.05, 0.1) is 10.4 Å². The number of hydrogen-bond acceptors (Lipinski definition) is 4. The van der Waals surface area contributed by atoms with Crippen molar-refractivity contribution < 1.29 is 13.2 Å². The van der Waals surface area contributed by atoms with Crippen molar-refractivity contribution in [3.05, 3.63) is 23.8 Å². The standard InChI is InChI=1S/C18H29N3O3S.ClH/c1-4-10-18(3,19)17(22)20-15-9-8-14(2)16(13-15)25(23,24)21-11-6-5-7-12-21;/h8-9,13H,4-7,10-12,19H2,1-3H3,(H,20,22);1H. The van der Waals surface area contributed by atoms with Crippen molar-refractivity contribution in [2.24, 2.45) is 5.73 Å². The summed E-state index contributed by atoms with van der Waals surface area (Å²) in [6, 6.07) is 4.98. The third-order valence-corrected chi connectivity index (χ3v) is 6.71. The Morgan fingerprint density at radius 1 is 1.27 bits per heavy atom. The summed E-state index contributed by atoms with van der Waals surface area (Å²) in [7, 11) is -3.55. The highest BCUT2D eigenvalue weighted by Gasteiger charge is 2.29. The zero-order valence-corrected chi connectivity index (χ0v) is 17.4. The fraction of sp³-hybridized carbons (Fsp3) is 0.611. The highest BCUT2D eigenvalue weighted by molar-refractivity contribution is 7.89. The molecule has 0 saturated carbocycles. The number of piperidine rings is 1. The van der Waals surface area contributed by atoms with Crippen LogP contribution in [0.25, 0.3) is 0 Å². The van der Waals surface area contributed by atoms with Gasteiger partial charge in [0.15, 0.2) is 0 Å². The van der Waals surface area contributed by atoms with Gasteiger partial charge in [-0.2, -0.15) is 4.31 Å². The lowest BCUT2D eigenvalue weighted by Gasteiger charge is -2.27. The molecular weight excluding hydrogens is 374 g/mol. The Morgan fingerprint density at radius 3 is 2.46 bits per heavy atom. The average molecular weight is 404 g/mol. The van der Waals surface area contributed by atoms with Crippen LogP contribution in [0, 0.1) is 6.92 Å². The fourth-order valence-corrected chi connectivity index (χ4v) is 4.87. The molecule has 3 N–H and O–H groups in total. The zero-order valence-electron chi connectivity index (χ0n) is 15.7. The topological polar surface area (TPSA) is 92.5 Å². The fourth-order valence-electron chi connectivity index (χ4n) is 3.11. The number of nitrogens with zero attached hydrogens (tertiary/aromatic N) is 1. The maximum absolute atomic E-state index is 12.9. The second kappa shape index (κ2) is 9.17. The molecule has 2 rings (SSSR count). The van der Waals surface area contributed by atoms with Crippen molar-refractivity contribution in [1.29, 1.82) is 0 Å². The van der Waals surface area contributed by atoms with Crippen molar-refractivity contribution in [2.45, 2.75) is 63.3 Å². The van der Waals surface area contributed by atoms with Crippen LogP contribution in [0.5, 0.6) is 0 Å². The predicted molar refractivity (Wildman–Crippen MR) is 107 cm³/mol. The second-order valence-electron chi connectivity index (χ2n) is 7.07. The van der Waals surface area contributed by atoms with Crippen LogP contribution in [-0.4, -0.2) is 37.3 Å². The molecular formula is C18H30ClN3O3S. The maximum Gasteiger partial charge on any atom is 0.244 e. The summed E-state index contributed by atoms with van der Waals surface area (Å²) in [5, 5.41) is 2.76. The van der Waals surface area contributed by atoms with Gasteiger partial charge in [-0.05, 0) is 50.8 Å². The summed E-state index contributed by atoms with van der Waals surface area (Å²) in [4.78, 5) is 12.6. The quantitative estimate of drug-likeness (QED) is 0.763. The number of benzene rings is 1. The highest BCUT2D eigenvalue weighted by atomic mass is 35.5. The van der Waals surface area contributed by atoms with E-state index < -0.39 is 15.6 Å². The van der Waals surface area contributed by atoms with Crippen molar-refractivity contribution in [1.82, 2.24) is 4.31 Å². The van der Waals surface area contributed by atoms with Gasteiger partial charge in [0.2, 0.25) is 15.9 Å². The number of halogens is 1. The molecule has 26 heavy (non-hydrogen) atoms. The van der Waals surface area contributed by atoms with Gasteiger partial charge < -0.3 is 11.1 Å². The summed E-state index contributed by atoms with van der Waals surface area (Å²) in [6.45, 7) is 6.52. The zero-order chi connectivity index (χ0) is 18.7. The molecule has 8 heteroatoms. The van der Waals surface area contributed by atoms with Gasteiger partial charge in [-0.3, -0.25) is 4.79 Å². The normalized spacial score (nSPS) is 17.8. The second-order valence-corrected chi connectivity index (χ2v) is 8.97. The molecule has 1 amide bonds. The number of amides is 1. The molecule has 0 radical (unpaired) electrons. The Morgan fingerprint density at radius 2 is 1.88 bits per heavy atom. The van der Waals surface area contributed by atoms with E-state index in [4.69, 9.17) is 5.73 Å². The van der Waals surface area contributed by atoms with Crippen molar-refractivity contribution in [2.75, 3.05) is 18.4 Å². The molecule has 0 spiro atoms. The monoisotopic (exact) mass is 403 g/mol. The van der Waals surface area contributed by atoms with Gasteiger partial charge in [-0.15, -0.1) is 12.4 Å². The SMILES string of the molecule is CCCC(C)(N)C(=O)Nc1ccc(C)c(S(=O)(=O)N2CCCCC2)c1.Cl. The maximum atomic E-state index is 12.9. The van der Waals surface area contributed by atoms with E-state index in [2.05, 4.69) is 5.32 Å². The van der Waals surface area contributed by atoms with Crippen LogP contribution in [-0.2, 0) is 14.8 Å². The van der Waals surface area contributed by atoms with Crippen LogP contribution in [0.4, 0.5) is 5.69 Å². The summed E-state index contributed by atoms with van der Waals surface area (Å²) in [5.41, 5.74) is 6.20. The molecule has 0 aromatic heterocycles. The number of carbonyl (C=O) groups is 1. The van der Waals surface area contributed by atoms with Crippen LogP contribution in [0.3, 0.4) is 0 Å². The van der Waals surface area contributed by atoms with Gasteiger partial charge in [-0.25, -0.2) is 8.42 Å². The van der Waals surface area contributed by atoms with E-state index in [1.807, 2.05) is 6.92 Å². The van der Waals surface area contributed by atoms with E-state index in [-0.39, 0.29) is 23.2 Å². The van der Waals surface area contributed by atoms with E-state index in [0.29, 0.717) is 30.8 Å². The summed E-state index contributed by atoms with van der Waals surface area (Å²) < 4.78 is 27.4. The molecule has 1 aliphatic rings. The summed E-state index contributed by atoms with van der Waals surface area (Å²) >= 11 is 0. The first-order valence-corrected chi connectivity index (χ1v) is 10.3. The molecule has 0 bridgehead atoms. The van der Waals surface area contributed by atoms with Crippen LogP contribution >= 0.6 is 12.4 Å². The molecule has 0 aliphatic carbocycles. The van der Waals surface area contributed by atoms with Gasteiger partial charge in [0, 0.05) is 18.8 Å². The largest absolute Gasteiger partial charge is 0.324 e. The number of nitrogens with two attached hydrogens (primary N) is 1. The van der Waals surface area contributed by atoms with E-state index in [0.717, 1.165) is 25.7 Å². The minimum atomic E-state index is -3.55. The first-order chi connectivity index (χ1) is 11.7. The van der Waals surface area contributed by atoms with Gasteiger partial charge >= 0.3 is 0 Å². The molecule has 1 aromatic rings. The Kier molecular flexibility index (Phi) is 8.07. The molecule has 1 fully saturated rings. The number of nitrogens with one attached hydrogen (secondary N) is 1. The molecule has 6 nitrogen and oxygen atoms in total. The number of aryl methyl sites for hydroxylation is 1. The van der Waals surface area contributed by atoms with E-state index >= 15 is 0 Å².